The van der Waals surface area contributed by atoms with Gasteiger partial charge < -0.3 is 9.84 Å². The van der Waals surface area contributed by atoms with Crippen LogP contribution in [-0.2, 0) is 0 Å². The lowest BCUT2D eigenvalue weighted by molar-refractivity contribution is 0.149. The molecular weight excluding hydrogens is 226 g/mol. The average Bonchev–Trinajstić information content (AvgIpc) is 2.43. The van der Waals surface area contributed by atoms with Gasteiger partial charge in [0.05, 0.1) is 18.2 Å². The van der Waals surface area contributed by atoms with Crippen LogP contribution >= 0.6 is 0 Å². The number of fused-ring (bicyclic) bond motifs is 1. The van der Waals surface area contributed by atoms with E-state index in [4.69, 9.17) is 4.74 Å². The molecule has 0 fully saturated rings. The van der Waals surface area contributed by atoms with Gasteiger partial charge in [-0.05, 0) is 37.5 Å². The Labute approximate surface area is 107 Å². The molecule has 0 aliphatic heterocycles. The maximum Gasteiger partial charge on any atom is 0.121 e. The number of aliphatic hydroxyl groups excluding tert-OH is 1. The largest absolute Gasteiger partial charge is 0.494 e. The Morgan fingerprint density at radius 3 is 3.06 bits per heavy atom. The third kappa shape index (κ3) is 3.44. The van der Waals surface area contributed by atoms with Crippen molar-refractivity contribution in [2.24, 2.45) is 0 Å². The van der Waals surface area contributed by atoms with Crippen LogP contribution in [0.2, 0.25) is 0 Å². The van der Waals surface area contributed by atoms with Crippen LogP contribution in [0.15, 0.2) is 36.5 Å². The summed E-state index contributed by atoms with van der Waals surface area (Å²) in [7, 11) is 0. The zero-order valence-corrected chi connectivity index (χ0v) is 10.7. The Morgan fingerprint density at radius 1 is 1.33 bits per heavy atom. The van der Waals surface area contributed by atoms with Crippen molar-refractivity contribution >= 4 is 10.9 Å². The van der Waals surface area contributed by atoms with E-state index < -0.39 is 0 Å². The summed E-state index contributed by atoms with van der Waals surface area (Å²) < 4.78 is 5.66. The number of pyridine rings is 1. The molecule has 0 bridgehead atoms. The van der Waals surface area contributed by atoms with Gasteiger partial charge in [0.15, 0.2) is 0 Å². The second-order valence-corrected chi connectivity index (χ2v) is 4.41. The molecule has 3 nitrogen and oxygen atoms in total. The first-order valence-corrected chi connectivity index (χ1v) is 6.45. The summed E-state index contributed by atoms with van der Waals surface area (Å²) in [6.45, 7) is 2.62. The second-order valence-electron chi connectivity index (χ2n) is 4.41. The van der Waals surface area contributed by atoms with E-state index in [1.165, 1.54) is 0 Å². The highest BCUT2D eigenvalue weighted by Gasteiger charge is 2.01. The SMILES string of the molecule is CCC(O)CCCOc1ccc2cccnc2c1. The lowest BCUT2D eigenvalue weighted by Crippen LogP contribution is -2.07. The Bertz CT molecular complexity index is 499. The second kappa shape index (κ2) is 6.36. The van der Waals surface area contributed by atoms with Gasteiger partial charge in [-0.3, -0.25) is 4.98 Å². The predicted octanol–water partition coefficient (Wildman–Crippen LogP) is 3.16. The van der Waals surface area contributed by atoms with Gasteiger partial charge in [0.2, 0.25) is 0 Å². The summed E-state index contributed by atoms with van der Waals surface area (Å²) >= 11 is 0. The molecule has 2 rings (SSSR count). The number of rotatable bonds is 6. The fourth-order valence-electron chi connectivity index (χ4n) is 1.85. The van der Waals surface area contributed by atoms with Gasteiger partial charge in [-0.1, -0.05) is 13.0 Å². The molecule has 0 aliphatic rings. The zero-order chi connectivity index (χ0) is 12.8. The third-order valence-electron chi connectivity index (χ3n) is 3.00. The lowest BCUT2D eigenvalue weighted by Gasteiger charge is -2.09. The molecule has 18 heavy (non-hydrogen) atoms. The molecule has 0 saturated heterocycles. The number of nitrogens with zero attached hydrogens (tertiary/aromatic N) is 1. The fourth-order valence-corrected chi connectivity index (χ4v) is 1.85. The number of ether oxygens (including phenoxy) is 1. The standard InChI is InChI=1S/C15H19NO2/c1-2-13(17)6-4-10-18-14-8-7-12-5-3-9-16-15(12)11-14/h3,5,7-9,11,13,17H,2,4,6,10H2,1H3. The number of aliphatic hydroxyl groups is 1. The number of hydrogen-bond donors (Lipinski definition) is 1. The minimum Gasteiger partial charge on any atom is -0.494 e. The molecule has 1 aromatic heterocycles. The normalized spacial score (nSPS) is 12.6. The summed E-state index contributed by atoms with van der Waals surface area (Å²) in [5.41, 5.74) is 0.948. The molecule has 0 radical (unpaired) electrons. The van der Waals surface area contributed by atoms with Gasteiger partial charge in [-0.15, -0.1) is 0 Å². The average molecular weight is 245 g/mol. The first kappa shape index (κ1) is 12.8. The monoisotopic (exact) mass is 245 g/mol. The van der Waals surface area contributed by atoms with Gasteiger partial charge in [-0.25, -0.2) is 0 Å². The van der Waals surface area contributed by atoms with Crippen molar-refractivity contribution in [1.29, 1.82) is 0 Å². The van der Waals surface area contributed by atoms with E-state index in [1.54, 1.807) is 6.20 Å². The fraction of sp³-hybridized carbons (Fsp3) is 0.400. The lowest BCUT2D eigenvalue weighted by atomic mass is 10.1. The molecule has 1 unspecified atom stereocenters. The summed E-state index contributed by atoms with van der Waals surface area (Å²) in [6.07, 6.45) is 4.05. The molecule has 0 amide bonds. The van der Waals surface area contributed by atoms with E-state index in [9.17, 15) is 5.11 Å². The Kier molecular flexibility index (Phi) is 4.53. The highest BCUT2D eigenvalue weighted by atomic mass is 16.5. The predicted molar refractivity (Wildman–Crippen MR) is 72.8 cm³/mol. The maximum absolute atomic E-state index is 9.43. The molecule has 1 N–H and O–H groups in total. The summed E-state index contributed by atoms with van der Waals surface area (Å²) in [5, 5.41) is 10.5. The van der Waals surface area contributed by atoms with Crippen LogP contribution in [0, 0.1) is 0 Å². The van der Waals surface area contributed by atoms with Gasteiger partial charge in [-0.2, -0.15) is 0 Å². The highest BCUT2D eigenvalue weighted by molar-refractivity contribution is 5.79. The number of aromatic nitrogens is 1. The van der Waals surface area contributed by atoms with Crippen LogP contribution in [0.3, 0.4) is 0 Å². The Hall–Kier alpha value is -1.61. The van der Waals surface area contributed by atoms with Crippen LogP contribution in [-0.4, -0.2) is 22.8 Å². The van der Waals surface area contributed by atoms with Crippen molar-refractivity contribution in [1.82, 2.24) is 4.98 Å². The van der Waals surface area contributed by atoms with Crippen molar-refractivity contribution in [3.05, 3.63) is 36.5 Å². The molecule has 1 heterocycles. The molecule has 96 valence electrons. The van der Waals surface area contributed by atoms with E-state index >= 15 is 0 Å². The quantitative estimate of drug-likeness (QED) is 0.795. The van der Waals surface area contributed by atoms with Crippen LogP contribution in [0.1, 0.15) is 26.2 Å². The molecular formula is C15H19NO2. The zero-order valence-electron chi connectivity index (χ0n) is 10.7. The van der Waals surface area contributed by atoms with Crippen molar-refractivity contribution in [3.63, 3.8) is 0 Å². The number of hydrogen-bond acceptors (Lipinski definition) is 3. The third-order valence-corrected chi connectivity index (χ3v) is 3.00. The van der Waals surface area contributed by atoms with Crippen LogP contribution in [0.25, 0.3) is 10.9 Å². The number of benzene rings is 1. The van der Waals surface area contributed by atoms with Crippen molar-refractivity contribution in [3.8, 4) is 5.75 Å². The smallest absolute Gasteiger partial charge is 0.121 e. The molecule has 0 saturated carbocycles. The van der Waals surface area contributed by atoms with Gasteiger partial charge in [0, 0.05) is 17.6 Å². The minimum absolute atomic E-state index is 0.202. The Morgan fingerprint density at radius 2 is 2.22 bits per heavy atom. The van der Waals surface area contributed by atoms with E-state index in [2.05, 4.69) is 4.98 Å². The minimum atomic E-state index is -0.202. The van der Waals surface area contributed by atoms with E-state index in [1.807, 2.05) is 37.3 Å². The molecule has 0 aliphatic carbocycles. The topological polar surface area (TPSA) is 42.4 Å². The first-order chi connectivity index (χ1) is 8.79. The highest BCUT2D eigenvalue weighted by Crippen LogP contribution is 2.19. The van der Waals surface area contributed by atoms with E-state index in [0.717, 1.165) is 35.9 Å². The van der Waals surface area contributed by atoms with Crippen molar-refractivity contribution < 1.29 is 9.84 Å². The molecule has 3 heteroatoms. The van der Waals surface area contributed by atoms with E-state index in [-0.39, 0.29) is 6.10 Å². The summed E-state index contributed by atoms with van der Waals surface area (Å²) in [6, 6.07) is 9.88. The first-order valence-electron chi connectivity index (χ1n) is 6.45. The van der Waals surface area contributed by atoms with E-state index in [0.29, 0.717) is 6.61 Å². The van der Waals surface area contributed by atoms with Gasteiger partial charge in [0.25, 0.3) is 0 Å². The summed E-state index contributed by atoms with van der Waals surface area (Å²) in [4.78, 5) is 4.29. The van der Waals surface area contributed by atoms with Crippen LogP contribution in [0.4, 0.5) is 0 Å². The summed E-state index contributed by atoms with van der Waals surface area (Å²) in [5.74, 6) is 0.840. The van der Waals surface area contributed by atoms with Crippen molar-refractivity contribution in [2.45, 2.75) is 32.3 Å². The Balaban J connectivity index is 1.88. The molecule has 2 aromatic rings. The van der Waals surface area contributed by atoms with Crippen LogP contribution in [0.5, 0.6) is 5.75 Å². The maximum atomic E-state index is 9.43. The van der Waals surface area contributed by atoms with Gasteiger partial charge >= 0.3 is 0 Å². The molecule has 1 aromatic carbocycles. The molecule has 1 atom stereocenters. The van der Waals surface area contributed by atoms with Crippen LogP contribution < -0.4 is 4.74 Å². The molecule has 0 spiro atoms. The van der Waals surface area contributed by atoms with Gasteiger partial charge in [0.1, 0.15) is 5.75 Å². The van der Waals surface area contributed by atoms with Crippen molar-refractivity contribution in [2.75, 3.05) is 6.61 Å².